The number of aryl methyl sites for hydroxylation is 2. The molecule has 0 heterocycles. The van der Waals surface area contributed by atoms with Gasteiger partial charge in [0.05, 0.1) is 11.2 Å². The Balaban J connectivity index is 1.61. The molecule has 44 heavy (non-hydrogen) atoms. The van der Waals surface area contributed by atoms with Crippen LogP contribution in [0.4, 0.5) is 0 Å². The monoisotopic (exact) mass is 634 g/mol. The lowest BCUT2D eigenvalue weighted by Crippen LogP contribution is -2.42. The minimum atomic E-state index is -4.15. The molecule has 3 aromatic carbocycles. The third-order valence-electron chi connectivity index (χ3n) is 10.5. The Kier molecular flexibility index (Phi) is 10.1. The van der Waals surface area contributed by atoms with Crippen molar-refractivity contribution in [1.82, 2.24) is 0 Å². The SMILES string of the molecule is CCCCCc1ccc(S(OS(=O)(=O)CC23CCC(CC2=O)C3(C)C)(c2ccccc2)c2ccc(CCCCC)cc2)cc1. The lowest BCUT2D eigenvalue weighted by atomic mass is 9.70. The predicted octanol–water partition coefficient (Wildman–Crippen LogP) is 10.1. The molecule has 0 aromatic heterocycles. The van der Waals surface area contributed by atoms with Gasteiger partial charge >= 0.3 is 0 Å². The summed E-state index contributed by atoms with van der Waals surface area (Å²) in [6.07, 6.45) is 10.9. The van der Waals surface area contributed by atoms with E-state index in [0.717, 1.165) is 46.8 Å². The second-order valence-electron chi connectivity index (χ2n) is 13.5. The second-order valence-corrected chi connectivity index (χ2v) is 18.0. The van der Waals surface area contributed by atoms with Crippen LogP contribution in [0.15, 0.2) is 93.5 Å². The van der Waals surface area contributed by atoms with Crippen LogP contribution in [0, 0.1) is 16.7 Å². The van der Waals surface area contributed by atoms with Crippen LogP contribution in [0.5, 0.6) is 0 Å². The maximum absolute atomic E-state index is 14.5. The molecule has 4 nitrogen and oxygen atoms in total. The minimum absolute atomic E-state index is 0.0825. The number of fused-ring (bicyclic) bond motifs is 2. The standard InChI is InChI=1S/C38H50O4S2/c1-5-7-10-14-30-18-22-34(23-19-30)44(33-16-12-9-13-17-33,35-24-20-31(21-25-35)15-11-8-6-2)42-43(40,41)29-38-27-26-32(28-36(38)39)37(38,3)4/h9,12-13,16-25,32H,5-8,10-11,14-15,26-29H2,1-4H3. The topological polar surface area (TPSA) is 60.4 Å². The highest BCUT2D eigenvalue weighted by molar-refractivity contribution is 8.33. The first-order valence-corrected chi connectivity index (χ1v) is 19.7. The van der Waals surface area contributed by atoms with Crippen molar-refractivity contribution >= 4 is 26.2 Å². The summed E-state index contributed by atoms with van der Waals surface area (Å²) in [6, 6.07) is 26.7. The van der Waals surface area contributed by atoms with Crippen LogP contribution in [0.3, 0.4) is 0 Å². The van der Waals surface area contributed by atoms with Crippen LogP contribution in [-0.2, 0) is 31.4 Å². The number of rotatable bonds is 15. The Bertz CT molecular complexity index is 1460. The molecule has 0 radical (unpaired) electrons. The Hall–Kier alpha value is -2.41. The Labute approximate surface area is 267 Å². The molecule has 2 saturated carbocycles. The fourth-order valence-corrected chi connectivity index (χ4v) is 13.6. The summed E-state index contributed by atoms with van der Waals surface area (Å²) < 4.78 is 35.6. The summed E-state index contributed by atoms with van der Waals surface area (Å²) in [5.74, 6) is 0.0460. The van der Waals surface area contributed by atoms with Gasteiger partial charge in [0.25, 0.3) is 10.1 Å². The number of Topliss-reactive ketones (excluding diaryl/α,β-unsaturated/α-hetero) is 1. The zero-order valence-corrected chi connectivity index (χ0v) is 28.7. The van der Waals surface area contributed by atoms with Gasteiger partial charge in [-0.3, -0.25) is 4.79 Å². The number of hydrogen-bond acceptors (Lipinski definition) is 4. The van der Waals surface area contributed by atoms with E-state index in [4.69, 9.17) is 3.63 Å². The molecule has 2 aliphatic carbocycles. The van der Waals surface area contributed by atoms with Crippen molar-refractivity contribution in [3.05, 3.63) is 90.0 Å². The summed E-state index contributed by atoms with van der Waals surface area (Å²) >= 11 is 0. The van der Waals surface area contributed by atoms with Crippen molar-refractivity contribution in [2.75, 3.05) is 5.75 Å². The van der Waals surface area contributed by atoms with Crippen LogP contribution < -0.4 is 0 Å². The number of carbonyl (C=O) groups is 1. The van der Waals surface area contributed by atoms with Crippen molar-refractivity contribution in [3.8, 4) is 0 Å². The maximum atomic E-state index is 14.5. The molecular formula is C38H50O4S2. The first kappa shape index (κ1) is 33.0. The molecule has 0 saturated heterocycles. The molecule has 0 spiro atoms. The maximum Gasteiger partial charge on any atom is 0.278 e. The normalized spacial score (nSPS) is 21.5. The largest absolute Gasteiger partial charge is 0.299 e. The van der Waals surface area contributed by atoms with E-state index in [0.29, 0.717) is 12.8 Å². The van der Waals surface area contributed by atoms with Gasteiger partial charge in [0.1, 0.15) is 5.78 Å². The summed E-state index contributed by atoms with van der Waals surface area (Å²) in [5, 5.41) is 0. The molecule has 2 bridgehead atoms. The summed E-state index contributed by atoms with van der Waals surface area (Å²) in [5.41, 5.74) is 1.22. The summed E-state index contributed by atoms with van der Waals surface area (Å²) in [6.45, 7) is 8.58. The molecule has 0 amide bonds. The average molecular weight is 635 g/mol. The molecule has 238 valence electrons. The van der Waals surface area contributed by atoms with Gasteiger partial charge < -0.3 is 0 Å². The Morgan fingerprint density at radius 2 is 1.23 bits per heavy atom. The highest BCUT2D eigenvalue weighted by Gasteiger charge is 2.65. The van der Waals surface area contributed by atoms with Gasteiger partial charge in [0.15, 0.2) is 0 Å². The molecule has 2 fully saturated rings. The number of hydrogen-bond donors (Lipinski definition) is 0. The Morgan fingerprint density at radius 1 is 0.727 bits per heavy atom. The van der Waals surface area contributed by atoms with Crippen LogP contribution in [0.25, 0.3) is 0 Å². The van der Waals surface area contributed by atoms with E-state index >= 15 is 0 Å². The Morgan fingerprint density at radius 3 is 1.66 bits per heavy atom. The van der Waals surface area contributed by atoms with Crippen molar-refractivity contribution in [1.29, 1.82) is 0 Å². The number of unbranched alkanes of at least 4 members (excludes halogenated alkanes) is 4. The highest BCUT2D eigenvalue weighted by atomic mass is 32.3. The van der Waals surface area contributed by atoms with Crippen LogP contribution in [-0.4, -0.2) is 20.0 Å². The van der Waals surface area contributed by atoms with Crippen LogP contribution in [0.2, 0.25) is 0 Å². The van der Waals surface area contributed by atoms with Crippen LogP contribution in [0.1, 0.15) is 96.6 Å². The van der Waals surface area contributed by atoms with E-state index in [-0.39, 0.29) is 22.9 Å². The lowest BCUT2D eigenvalue weighted by molar-refractivity contribution is -0.128. The molecule has 2 aliphatic rings. The van der Waals surface area contributed by atoms with Gasteiger partial charge in [-0.25, -0.2) is 3.63 Å². The third kappa shape index (κ3) is 6.32. The quantitative estimate of drug-likeness (QED) is 0.156. The van der Waals surface area contributed by atoms with Gasteiger partial charge in [-0.05, 0) is 108 Å². The first-order chi connectivity index (χ1) is 21.1. The first-order valence-electron chi connectivity index (χ1n) is 16.6. The van der Waals surface area contributed by atoms with Gasteiger partial charge in [0.2, 0.25) is 0 Å². The molecule has 0 aliphatic heterocycles. The number of benzene rings is 3. The van der Waals surface area contributed by atoms with E-state index < -0.39 is 25.8 Å². The van der Waals surface area contributed by atoms with E-state index in [1.54, 1.807) is 0 Å². The molecule has 0 N–H and O–H groups in total. The van der Waals surface area contributed by atoms with Crippen molar-refractivity contribution in [3.63, 3.8) is 0 Å². The molecule has 2 atom stereocenters. The fourth-order valence-electron chi connectivity index (χ4n) is 7.58. The average Bonchev–Trinajstić information content (AvgIpc) is 3.36. The summed E-state index contributed by atoms with van der Waals surface area (Å²) in [4.78, 5) is 15.9. The molecule has 6 heteroatoms. The van der Waals surface area contributed by atoms with Gasteiger partial charge in [0, 0.05) is 21.1 Å². The smallest absolute Gasteiger partial charge is 0.278 e. The molecule has 5 rings (SSSR count). The van der Waals surface area contributed by atoms with Gasteiger partial charge in [-0.15, -0.1) is 0 Å². The highest BCUT2D eigenvalue weighted by Crippen LogP contribution is 2.71. The second kappa shape index (κ2) is 13.5. The van der Waals surface area contributed by atoms with Gasteiger partial charge in [-0.1, -0.05) is 95.8 Å². The molecule has 3 aromatic rings. The van der Waals surface area contributed by atoms with E-state index in [2.05, 4.69) is 76.2 Å². The summed E-state index contributed by atoms with van der Waals surface area (Å²) in [7, 11) is -6.85. The number of carbonyl (C=O) groups excluding carboxylic acids is 1. The van der Waals surface area contributed by atoms with Crippen molar-refractivity contribution < 1.29 is 16.8 Å². The minimum Gasteiger partial charge on any atom is -0.299 e. The molecule has 2 unspecified atom stereocenters. The van der Waals surface area contributed by atoms with E-state index in [1.165, 1.54) is 36.8 Å². The van der Waals surface area contributed by atoms with Crippen molar-refractivity contribution in [2.24, 2.45) is 16.7 Å². The fraction of sp³-hybridized carbons (Fsp3) is 0.500. The van der Waals surface area contributed by atoms with E-state index in [9.17, 15) is 13.2 Å². The lowest BCUT2D eigenvalue weighted by Gasteiger charge is -2.41. The van der Waals surface area contributed by atoms with Crippen LogP contribution >= 0.6 is 10.3 Å². The van der Waals surface area contributed by atoms with Crippen molar-refractivity contribution in [2.45, 2.75) is 113 Å². The third-order valence-corrected chi connectivity index (χ3v) is 15.8. The number of ketones is 1. The zero-order valence-electron chi connectivity index (χ0n) is 27.0. The van der Waals surface area contributed by atoms with Gasteiger partial charge in [-0.2, -0.15) is 8.42 Å². The predicted molar refractivity (Wildman–Crippen MR) is 182 cm³/mol. The van der Waals surface area contributed by atoms with E-state index in [1.807, 2.05) is 30.3 Å². The molecular weight excluding hydrogens is 585 g/mol. The zero-order chi connectivity index (χ0) is 31.4.